The van der Waals surface area contributed by atoms with Crippen LogP contribution in [0.15, 0.2) is 18.3 Å². The number of β-amino-alcohol motifs (C(OH)–C–C–N with tert-alkyl or cyclic N) is 1. The van der Waals surface area contributed by atoms with Gasteiger partial charge in [0.15, 0.2) is 0 Å². The second-order valence-electron chi connectivity index (χ2n) is 5.88. The quantitative estimate of drug-likeness (QED) is 0.920. The third-order valence-electron chi connectivity index (χ3n) is 4.59. The first kappa shape index (κ1) is 14.6. The Labute approximate surface area is 129 Å². The van der Waals surface area contributed by atoms with Crippen molar-refractivity contribution in [3.8, 4) is 0 Å². The number of piperidine rings is 1. The molecule has 3 heterocycles. The second-order valence-corrected chi connectivity index (χ2v) is 6.29. The molecule has 2 saturated heterocycles. The van der Waals surface area contributed by atoms with Crippen LogP contribution in [0.1, 0.15) is 19.3 Å². The van der Waals surface area contributed by atoms with Crippen LogP contribution in [0, 0.1) is 5.41 Å². The van der Waals surface area contributed by atoms with E-state index in [4.69, 9.17) is 16.7 Å². The van der Waals surface area contributed by atoms with Crippen molar-refractivity contribution in [2.75, 3.05) is 37.7 Å². The number of halogens is 1. The van der Waals surface area contributed by atoms with E-state index < -0.39 is 0 Å². The molecule has 6 heteroatoms. The number of aromatic nitrogens is 1. The molecule has 1 N–H and O–H groups in total. The number of aliphatic hydroxyl groups excluding tert-OH is 1. The highest BCUT2D eigenvalue weighted by molar-refractivity contribution is 6.32. The molecular formula is C15H20ClN3O2. The Kier molecular flexibility index (Phi) is 4.04. The van der Waals surface area contributed by atoms with Crippen LogP contribution in [0.25, 0.3) is 0 Å². The summed E-state index contributed by atoms with van der Waals surface area (Å²) in [6.07, 6.45) is 4.47. The average molecular weight is 310 g/mol. The first-order chi connectivity index (χ1) is 10.2. The summed E-state index contributed by atoms with van der Waals surface area (Å²) in [6.45, 7) is 2.69. The minimum absolute atomic E-state index is 0.0254. The van der Waals surface area contributed by atoms with Crippen molar-refractivity contribution in [2.45, 2.75) is 19.3 Å². The second kappa shape index (κ2) is 5.81. The molecule has 3 rings (SSSR count). The number of carbonyl (C=O) groups is 1. The van der Waals surface area contributed by atoms with Crippen molar-refractivity contribution in [3.63, 3.8) is 0 Å². The first-order valence-corrected chi connectivity index (χ1v) is 7.80. The summed E-state index contributed by atoms with van der Waals surface area (Å²) < 4.78 is 0. The van der Waals surface area contributed by atoms with Crippen molar-refractivity contribution in [1.82, 2.24) is 9.88 Å². The number of anilines is 1. The topological polar surface area (TPSA) is 56.7 Å². The average Bonchev–Trinajstić information content (AvgIpc) is 2.90. The summed E-state index contributed by atoms with van der Waals surface area (Å²) in [5.41, 5.74) is -0.325. The molecule has 2 aliphatic heterocycles. The molecule has 0 bridgehead atoms. The number of hydrogen-bond donors (Lipinski definition) is 1. The van der Waals surface area contributed by atoms with E-state index in [2.05, 4.69) is 9.88 Å². The monoisotopic (exact) mass is 309 g/mol. The molecule has 21 heavy (non-hydrogen) atoms. The molecule has 1 atom stereocenters. The molecule has 0 aliphatic carbocycles. The molecule has 2 aliphatic rings. The zero-order valence-electron chi connectivity index (χ0n) is 12.0. The van der Waals surface area contributed by atoms with Crippen LogP contribution in [0.3, 0.4) is 0 Å². The molecule has 114 valence electrons. The fraction of sp³-hybridized carbons (Fsp3) is 0.600. The molecule has 2 fully saturated rings. The van der Waals surface area contributed by atoms with Crippen LogP contribution in [-0.4, -0.2) is 53.7 Å². The van der Waals surface area contributed by atoms with Crippen LogP contribution < -0.4 is 4.90 Å². The molecule has 1 amide bonds. The first-order valence-electron chi connectivity index (χ1n) is 7.42. The summed E-state index contributed by atoms with van der Waals surface area (Å²) in [5, 5.41) is 9.73. The Hall–Kier alpha value is -1.33. The molecule has 1 spiro atoms. The van der Waals surface area contributed by atoms with Gasteiger partial charge < -0.3 is 14.9 Å². The molecular weight excluding hydrogens is 290 g/mol. The van der Waals surface area contributed by atoms with Gasteiger partial charge in [-0.1, -0.05) is 11.6 Å². The Bertz CT molecular complexity index is 537. The van der Waals surface area contributed by atoms with Crippen molar-refractivity contribution in [2.24, 2.45) is 5.41 Å². The Morgan fingerprint density at radius 3 is 3.00 bits per heavy atom. The summed E-state index contributed by atoms with van der Waals surface area (Å²) in [7, 11) is 0. The standard InChI is InChI=1S/C15H20ClN3O2/c16-12-3-1-6-17-13(12)19-8-5-15(11-19)4-2-7-18(9-10-20)14(15)21/h1,3,6,20H,2,4-5,7-11H2/t15-/m0/s1. The number of aliphatic hydroxyl groups is 1. The van der Waals surface area contributed by atoms with E-state index in [-0.39, 0.29) is 17.9 Å². The summed E-state index contributed by atoms with van der Waals surface area (Å²) >= 11 is 6.21. The van der Waals surface area contributed by atoms with Gasteiger partial charge in [-0.3, -0.25) is 4.79 Å². The summed E-state index contributed by atoms with van der Waals surface area (Å²) in [4.78, 5) is 21.0. The number of nitrogens with zero attached hydrogens (tertiary/aromatic N) is 3. The number of hydrogen-bond acceptors (Lipinski definition) is 4. The SMILES string of the molecule is O=C1N(CCO)CCC[C@@]12CCN(c1ncccc1Cl)C2. The van der Waals surface area contributed by atoms with Crippen molar-refractivity contribution in [1.29, 1.82) is 0 Å². The predicted octanol–water partition coefficient (Wildman–Crippen LogP) is 1.55. The van der Waals surface area contributed by atoms with Crippen molar-refractivity contribution in [3.05, 3.63) is 23.4 Å². The Morgan fingerprint density at radius 1 is 1.38 bits per heavy atom. The van der Waals surface area contributed by atoms with Crippen LogP contribution in [0.4, 0.5) is 5.82 Å². The summed E-state index contributed by atoms with van der Waals surface area (Å²) in [5.74, 6) is 0.945. The van der Waals surface area contributed by atoms with Gasteiger partial charge in [-0.15, -0.1) is 0 Å². The highest BCUT2D eigenvalue weighted by Gasteiger charge is 2.48. The zero-order chi connectivity index (χ0) is 14.9. The minimum atomic E-state index is -0.325. The molecule has 5 nitrogen and oxygen atoms in total. The zero-order valence-corrected chi connectivity index (χ0v) is 12.7. The predicted molar refractivity (Wildman–Crippen MR) is 81.4 cm³/mol. The smallest absolute Gasteiger partial charge is 0.230 e. The highest BCUT2D eigenvalue weighted by atomic mass is 35.5. The van der Waals surface area contributed by atoms with Gasteiger partial charge >= 0.3 is 0 Å². The maximum absolute atomic E-state index is 12.7. The van der Waals surface area contributed by atoms with Gasteiger partial charge in [0.2, 0.25) is 5.91 Å². The van der Waals surface area contributed by atoms with E-state index in [1.165, 1.54) is 0 Å². The number of amides is 1. The Balaban J connectivity index is 1.79. The maximum Gasteiger partial charge on any atom is 0.230 e. The molecule has 0 aromatic carbocycles. The van der Waals surface area contributed by atoms with Gasteiger partial charge in [0.25, 0.3) is 0 Å². The highest BCUT2D eigenvalue weighted by Crippen LogP contribution is 2.42. The normalized spacial score (nSPS) is 25.9. The van der Waals surface area contributed by atoms with Crippen LogP contribution in [0.5, 0.6) is 0 Å². The van der Waals surface area contributed by atoms with E-state index in [0.717, 1.165) is 38.2 Å². The number of likely N-dealkylation sites (tertiary alicyclic amines) is 1. The van der Waals surface area contributed by atoms with Gasteiger partial charge in [0.1, 0.15) is 5.82 Å². The van der Waals surface area contributed by atoms with E-state index in [9.17, 15) is 4.79 Å². The molecule has 0 unspecified atom stereocenters. The van der Waals surface area contributed by atoms with E-state index in [1.807, 2.05) is 12.1 Å². The minimum Gasteiger partial charge on any atom is -0.395 e. The lowest BCUT2D eigenvalue weighted by molar-refractivity contribution is -0.145. The Morgan fingerprint density at radius 2 is 2.24 bits per heavy atom. The van der Waals surface area contributed by atoms with E-state index in [0.29, 0.717) is 18.1 Å². The fourth-order valence-electron chi connectivity index (χ4n) is 3.53. The van der Waals surface area contributed by atoms with E-state index >= 15 is 0 Å². The lowest BCUT2D eigenvalue weighted by Crippen LogP contribution is -2.50. The third kappa shape index (κ3) is 2.60. The third-order valence-corrected chi connectivity index (χ3v) is 4.88. The van der Waals surface area contributed by atoms with Crippen molar-refractivity contribution < 1.29 is 9.90 Å². The van der Waals surface area contributed by atoms with Gasteiger partial charge in [-0.2, -0.15) is 0 Å². The van der Waals surface area contributed by atoms with Crippen LogP contribution in [-0.2, 0) is 4.79 Å². The molecule has 0 radical (unpaired) electrons. The summed E-state index contributed by atoms with van der Waals surface area (Å²) in [6, 6.07) is 3.64. The van der Waals surface area contributed by atoms with Crippen LogP contribution in [0.2, 0.25) is 5.02 Å². The van der Waals surface area contributed by atoms with Gasteiger partial charge in [0.05, 0.1) is 17.0 Å². The lowest BCUT2D eigenvalue weighted by Gasteiger charge is -2.39. The molecule has 0 saturated carbocycles. The van der Waals surface area contributed by atoms with Gasteiger partial charge in [0, 0.05) is 32.4 Å². The van der Waals surface area contributed by atoms with E-state index in [1.54, 1.807) is 11.1 Å². The molecule has 1 aromatic heterocycles. The number of rotatable bonds is 3. The van der Waals surface area contributed by atoms with Crippen LogP contribution >= 0.6 is 11.6 Å². The largest absolute Gasteiger partial charge is 0.395 e. The molecule has 1 aromatic rings. The maximum atomic E-state index is 12.7. The number of carbonyl (C=O) groups excluding carboxylic acids is 1. The van der Waals surface area contributed by atoms with Crippen molar-refractivity contribution >= 4 is 23.3 Å². The number of pyridine rings is 1. The lowest BCUT2D eigenvalue weighted by atomic mass is 9.78. The van der Waals surface area contributed by atoms with Gasteiger partial charge in [-0.25, -0.2) is 4.98 Å². The fourth-order valence-corrected chi connectivity index (χ4v) is 3.77. The van der Waals surface area contributed by atoms with Gasteiger partial charge in [-0.05, 0) is 31.4 Å².